The molecule has 0 fully saturated rings. The van der Waals surface area contributed by atoms with E-state index in [1.165, 1.54) is 0 Å². The van der Waals surface area contributed by atoms with Crippen molar-refractivity contribution < 1.29 is 19.7 Å². The number of ether oxygens (including phenoxy) is 1. The number of hydrogen-bond donors (Lipinski definition) is 2. The molecule has 0 amide bonds. The van der Waals surface area contributed by atoms with Crippen LogP contribution in [0.3, 0.4) is 0 Å². The highest BCUT2D eigenvalue weighted by Crippen LogP contribution is 2.23. The molecule has 0 bridgehead atoms. The fourth-order valence-corrected chi connectivity index (χ4v) is 2.58. The van der Waals surface area contributed by atoms with E-state index in [0.717, 1.165) is 5.69 Å². The molecular formula is C17H27NO4. The van der Waals surface area contributed by atoms with Crippen LogP contribution in [0.5, 0.6) is 0 Å². The summed E-state index contributed by atoms with van der Waals surface area (Å²) in [7, 11) is 0. The van der Waals surface area contributed by atoms with Crippen LogP contribution in [0.25, 0.3) is 0 Å². The number of hydrogen-bond acceptors (Lipinski definition) is 5. The van der Waals surface area contributed by atoms with Gasteiger partial charge in [0.15, 0.2) is 0 Å². The van der Waals surface area contributed by atoms with Crippen LogP contribution >= 0.6 is 0 Å². The minimum Gasteiger partial charge on any atom is -0.462 e. The zero-order chi connectivity index (χ0) is 16.5. The van der Waals surface area contributed by atoms with Crippen molar-refractivity contribution in [2.75, 3.05) is 24.7 Å². The van der Waals surface area contributed by atoms with Crippen molar-refractivity contribution in [1.82, 2.24) is 0 Å². The summed E-state index contributed by atoms with van der Waals surface area (Å²) in [6.07, 6.45) is 1.30. The number of esters is 1. The Labute approximate surface area is 132 Å². The van der Waals surface area contributed by atoms with Crippen molar-refractivity contribution in [3.63, 3.8) is 0 Å². The fraction of sp³-hybridized carbons (Fsp3) is 0.588. The Bertz CT molecular complexity index is 434. The molecule has 2 unspecified atom stereocenters. The number of benzene rings is 1. The van der Waals surface area contributed by atoms with E-state index in [2.05, 4.69) is 4.90 Å². The lowest BCUT2D eigenvalue weighted by atomic mass is 10.1. The van der Waals surface area contributed by atoms with Gasteiger partial charge in [-0.15, -0.1) is 0 Å². The molecule has 0 spiro atoms. The molecule has 1 aromatic rings. The van der Waals surface area contributed by atoms with Crippen LogP contribution in [0, 0.1) is 0 Å². The van der Waals surface area contributed by atoms with Gasteiger partial charge in [0, 0.05) is 31.0 Å². The molecule has 1 rings (SSSR count). The Kier molecular flexibility index (Phi) is 7.91. The van der Waals surface area contributed by atoms with Crippen LogP contribution in [0.4, 0.5) is 5.69 Å². The highest BCUT2D eigenvalue weighted by atomic mass is 16.5. The van der Waals surface area contributed by atoms with E-state index in [-0.39, 0.29) is 31.3 Å². The highest BCUT2D eigenvalue weighted by Gasteiger charge is 2.20. The van der Waals surface area contributed by atoms with E-state index < -0.39 is 0 Å². The largest absolute Gasteiger partial charge is 0.462 e. The van der Waals surface area contributed by atoms with Gasteiger partial charge in [0.05, 0.1) is 12.2 Å². The maximum Gasteiger partial charge on any atom is 0.338 e. The van der Waals surface area contributed by atoms with Gasteiger partial charge in [-0.3, -0.25) is 0 Å². The van der Waals surface area contributed by atoms with Gasteiger partial charge in [0.25, 0.3) is 0 Å². The van der Waals surface area contributed by atoms with Gasteiger partial charge >= 0.3 is 5.97 Å². The molecule has 0 aliphatic rings. The molecule has 124 valence electrons. The van der Waals surface area contributed by atoms with Crippen LogP contribution in [0.15, 0.2) is 24.3 Å². The minimum absolute atomic E-state index is 0.115. The van der Waals surface area contributed by atoms with E-state index in [1.54, 1.807) is 19.1 Å². The standard InChI is InChI=1S/C17H27NO4/c1-4-22-17(21)15-5-7-16(8-6-15)18(13(2)9-11-19)14(3)10-12-20/h5-8,13-14,19-20H,4,9-12H2,1-3H3. The summed E-state index contributed by atoms with van der Waals surface area (Å²) in [5.41, 5.74) is 1.49. The molecule has 2 N–H and O–H groups in total. The normalized spacial score (nSPS) is 13.5. The molecule has 0 heterocycles. The Balaban J connectivity index is 2.96. The van der Waals surface area contributed by atoms with Crippen molar-refractivity contribution in [1.29, 1.82) is 0 Å². The molecule has 1 aromatic carbocycles. The lowest BCUT2D eigenvalue weighted by Gasteiger charge is -2.36. The van der Waals surface area contributed by atoms with E-state index in [1.807, 2.05) is 26.0 Å². The quantitative estimate of drug-likeness (QED) is 0.684. The van der Waals surface area contributed by atoms with Gasteiger partial charge < -0.3 is 19.8 Å². The summed E-state index contributed by atoms with van der Waals surface area (Å²) in [4.78, 5) is 13.9. The molecule has 0 aliphatic carbocycles. The summed E-state index contributed by atoms with van der Waals surface area (Å²) < 4.78 is 4.98. The van der Waals surface area contributed by atoms with Crippen molar-refractivity contribution in [3.05, 3.63) is 29.8 Å². The minimum atomic E-state index is -0.326. The molecule has 22 heavy (non-hydrogen) atoms. The second-order valence-electron chi connectivity index (χ2n) is 5.40. The van der Waals surface area contributed by atoms with Crippen LogP contribution in [0.1, 0.15) is 44.0 Å². The average Bonchev–Trinajstić information content (AvgIpc) is 2.49. The summed E-state index contributed by atoms with van der Waals surface area (Å²) in [5.74, 6) is -0.326. The van der Waals surface area contributed by atoms with Crippen LogP contribution in [0.2, 0.25) is 0 Å². The highest BCUT2D eigenvalue weighted by molar-refractivity contribution is 5.89. The molecule has 0 radical (unpaired) electrons. The fourth-order valence-electron chi connectivity index (χ4n) is 2.58. The van der Waals surface area contributed by atoms with Crippen LogP contribution < -0.4 is 4.90 Å². The number of nitrogens with zero attached hydrogens (tertiary/aromatic N) is 1. The number of aliphatic hydroxyl groups is 2. The Morgan fingerprint density at radius 1 is 1.09 bits per heavy atom. The molecular weight excluding hydrogens is 282 g/mol. The molecule has 0 aliphatic heterocycles. The first-order valence-electron chi connectivity index (χ1n) is 7.82. The first kappa shape index (κ1) is 18.5. The molecule has 5 nitrogen and oxygen atoms in total. The molecule has 0 aromatic heterocycles. The van der Waals surface area contributed by atoms with Crippen molar-refractivity contribution >= 4 is 11.7 Å². The number of anilines is 1. The second-order valence-corrected chi connectivity index (χ2v) is 5.40. The molecule has 5 heteroatoms. The van der Waals surface area contributed by atoms with E-state index in [4.69, 9.17) is 4.74 Å². The predicted octanol–water partition coefficient (Wildman–Crippen LogP) is 2.21. The number of carbonyl (C=O) groups is 1. The Hall–Kier alpha value is -1.59. The smallest absolute Gasteiger partial charge is 0.338 e. The molecule has 0 saturated heterocycles. The summed E-state index contributed by atoms with van der Waals surface area (Å²) in [6, 6.07) is 7.54. The lowest BCUT2D eigenvalue weighted by molar-refractivity contribution is 0.0526. The van der Waals surface area contributed by atoms with Crippen molar-refractivity contribution in [3.8, 4) is 0 Å². The van der Waals surface area contributed by atoms with Gasteiger partial charge in [0.1, 0.15) is 0 Å². The number of aliphatic hydroxyl groups excluding tert-OH is 2. The van der Waals surface area contributed by atoms with Gasteiger partial charge in [-0.2, -0.15) is 0 Å². The van der Waals surface area contributed by atoms with Gasteiger partial charge in [-0.1, -0.05) is 0 Å². The van der Waals surface area contributed by atoms with E-state index in [0.29, 0.717) is 25.0 Å². The van der Waals surface area contributed by atoms with Gasteiger partial charge in [-0.25, -0.2) is 4.79 Å². The summed E-state index contributed by atoms with van der Waals surface area (Å²) >= 11 is 0. The first-order chi connectivity index (χ1) is 10.5. The second kappa shape index (κ2) is 9.43. The van der Waals surface area contributed by atoms with E-state index >= 15 is 0 Å². The molecule has 2 atom stereocenters. The summed E-state index contributed by atoms with van der Waals surface area (Å²) in [5, 5.41) is 18.4. The van der Waals surface area contributed by atoms with Gasteiger partial charge in [0.2, 0.25) is 0 Å². The summed E-state index contributed by atoms with van der Waals surface area (Å²) in [6.45, 7) is 6.45. The topological polar surface area (TPSA) is 70.0 Å². The van der Waals surface area contributed by atoms with Crippen molar-refractivity contribution in [2.45, 2.75) is 45.7 Å². The van der Waals surface area contributed by atoms with Crippen molar-refractivity contribution in [2.24, 2.45) is 0 Å². The first-order valence-corrected chi connectivity index (χ1v) is 7.82. The van der Waals surface area contributed by atoms with Gasteiger partial charge in [-0.05, 0) is 57.9 Å². The maximum atomic E-state index is 11.7. The third-order valence-corrected chi connectivity index (χ3v) is 3.72. The SMILES string of the molecule is CCOC(=O)c1ccc(N(C(C)CCO)C(C)CCO)cc1. The zero-order valence-corrected chi connectivity index (χ0v) is 13.7. The maximum absolute atomic E-state index is 11.7. The zero-order valence-electron chi connectivity index (χ0n) is 13.7. The molecule has 0 saturated carbocycles. The number of carbonyl (C=O) groups excluding carboxylic acids is 1. The third-order valence-electron chi connectivity index (χ3n) is 3.72. The predicted molar refractivity (Wildman–Crippen MR) is 87.2 cm³/mol. The van der Waals surface area contributed by atoms with E-state index in [9.17, 15) is 15.0 Å². The average molecular weight is 309 g/mol. The number of rotatable bonds is 9. The monoisotopic (exact) mass is 309 g/mol. The van der Waals surface area contributed by atoms with Crippen LogP contribution in [-0.4, -0.2) is 48.1 Å². The lowest BCUT2D eigenvalue weighted by Crippen LogP contribution is -2.41. The third kappa shape index (κ3) is 5.00. The van der Waals surface area contributed by atoms with Crippen LogP contribution in [-0.2, 0) is 4.74 Å². The Morgan fingerprint density at radius 2 is 1.59 bits per heavy atom. The Morgan fingerprint density at radius 3 is 2.00 bits per heavy atom.